The summed E-state index contributed by atoms with van der Waals surface area (Å²) in [5.41, 5.74) is 8.70. The van der Waals surface area contributed by atoms with Crippen LogP contribution < -0.4 is 5.73 Å². The summed E-state index contributed by atoms with van der Waals surface area (Å²) in [4.78, 5) is 15.0. The molecule has 120 valence electrons. The molecule has 1 heterocycles. The Hall–Kier alpha value is -1.35. The molecule has 3 unspecified atom stereocenters. The van der Waals surface area contributed by atoms with Crippen molar-refractivity contribution in [3.63, 3.8) is 0 Å². The molecule has 1 aliphatic heterocycles. The molecule has 0 aromatic heterocycles. The first-order valence-electron chi connectivity index (χ1n) is 8.75. The van der Waals surface area contributed by atoms with Crippen molar-refractivity contribution >= 4 is 5.91 Å². The van der Waals surface area contributed by atoms with E-state index in [0.29, 0.717) is 11.9 Å². The lowest BCUT2D eigenvalue weighted by atomic mass is 9.85. The Morgan fingerprint density at radius 3 is 2.68 bits per heavy atom. The van der Waals surface area contributed by atoms with Crippen molar-refractivity contribution in [1.29, 1.82) is 0 Å². The quantitative estimate of drug-likeness (QED) is 0.932. The minimum Gasteiger partial charge on any atom is -0.339 e. The van der Waals surface area contributed by atoms with E-state index in [2.05, 4.69) is 36.1 Å². The second-order valence-electron chi connectivity index (χ2n) is 7.14. The Labute approximate surface area is 133 Å². The van der Waals surface area contributed by atoms with Crippen LogP contribution in [-0.4, -0.2) is 29.4 Å². The van der Waals surface area contributed by atoms with E-state index in [1.54, 1.807) is 0 Å². The number of likely N-dealkylation sites (tertiary alicyclic amines) is 1. The third-order valence-electron chi connectivity index (χ3n) is 5.32. The minimum atomic E-state index is 0.169. The topological polar surface area (TPSA) is 46.3 Å². The molecule has 1 amide bonds. The lowest BCUT2D eigenvalue weighted by Crippen LogP contribution is -2.43. The fraction of sp³-hybridized carbons (Fsp3) is 0.632. The van der Waals surface area contributed by atoms with Gasteiger partial charge >= 0.3 is 0 Å². The summed E-state index contributed by atoms with van der Waals surface area (Å²) in [6.07, 6.45) is 7.36. The van der Waals surface area contributed by atoms with Gasteiger partial charge in [0.1, 0.15) is 0 Å². The lowest BCUT2D eigenvalue weighted by Gasteiger charge is -2.32. The molecule has 1 aromatic carbocycles. The van der Waals surface area contributed by atoms with E-state index in [0.717, 1.165) is 51.5 Å². The monoisotopic (exact) mass is 300 g/mol. The van der Waals surface area contributed by atoms with Crippen molar-refractivity contribution < 1.29 is 4.79 Å². The Morgan fingerprint density at radius 2 is 1.95 bits per heavy atom. The zero-order valence-corrected chi connectivity index (χ0v) is 13.6. The summed E-state index contributed by atoms with van der Waals surface area (Å²) in [7, 11) is 0. The van der Waals surface area contributed by atoms with E-state index in [1.807, 2.05) is 0 Å². The molecule has 0 spiro atoms. The van der Waals surface area contributed by atoms with Gasteiger partial charge in [0, 0.05) is 24.5 Å². The van der Waals surface area contributed by atoms with Crippen LogP contribution in [0.2, 0.25) is 0 Å². The van der Waals surface area contributed by atoms with Gasteiger partial charge in [0.05, 0.1) is 0 Å². The average Bonchev–Trinajstić information content (AvgIpc) is 2.97. The van der Waals surface area contributed by atoms with Gasteiger partial charge in [0.15, 0.2) is 0 Å². The highest BCUT2D eigenvalue weighted by Crippen LogP contribution is 2.29. The van der Waals surface area contributed by atoms with E-state index in [1.165, 1.54) is 11.1 Å². The maximum Gasteiger partial charge on any atom is 0.225 e. The number of rotatable bonds is 3. The maximum atomic E-state index is 12.9. The van der Waals surface area contributed by atoms with Crippen LogP contribution >= 0.6 is 0 Å². The Balaban J connectivity index is 1.64. The summed E-state index contributed by atoms with van der Waals surface area (Å²) < 4.78 is 0. The molecule has 3 nitrogen and oxygen atoms in total. The molecule has 1 saturated heterocycles. The Morgan fingerprint density at radius 1 is 1.18 bits per heavy atom. The molecule has 3 atom stereocenters. The summed E-state index contributed by atoms with van der Waals surface area (Å²) in [6.45, 7) is 3.04. The fourth-order valence-corrected chi connectivity index (χ4v) is 4.02. The first-order chi connectivity index (χ1) is 10.6. The molecule has 3 rings (SSSR count). The number of nitrogens with zero attached hydrogens (tertiary/aromatic N) is 1. The van der Waals surface area contributed by atoms with Crippen LogP contribution in [0.3, 0.4) is 0 Å². The van der Waals surface area contributed by atoms with E-state index in [-0.39, 0.29) is 12.0 Å². The van der Waals surface area contributed by atoms with Gasteiger partial charge in [-0.1, -0.05) is 36.2 Å². The van der Waals surface area contributed by atoms with Crippen LogP contribution in [0.25, 0.3) is 0 Å². The number of nitrogens with two attached hydrogens (primary N) is 1. The van der Waals surface area contributed by atoms with Gasteiger partial charge in [-0.15, -0.1) is 0 Å². The highest BCUT2D eigenvalue weighted by molar-refractivity contribution is 5.79. The molecule has 22 heavy (non-hydrogen) atoms. The number of aryl methyl sites for hydroxylation is 1. The van der Waals surface area contributed by atoms with E-state index >= 15 is 0 Å². The van der Waals surface area contributed by atoms with Crippen molar-refractivity contribution in [3.05, 3.63) is 35.4 Å². The van der Waals surface area contributed by atoms with Crippen LogP contribution in [-0.2, 0) is 11.2 Å². The second kappa shape index (κ2) is 6.82. The number of amides is 1. The molecule has 0 bridgehead atoms. The molecule has 2 aliphatic rings. The highest BCUT2D eigenvalue weighted by Gasteiger charge is 2.34. The summed E-state index contributed by atoms with van der Waals surface area (Å²) in [5.74, 6) is 0.534. The average molecular weight is 300 g/mol. The third-order valence-corrected chi connectivity index (χ3v) is 5.32. The van der Waals surface area contributed by atoms with Crippen molar-refractivity contribution in [1.82, 2.24) is 4.90 Å². The summed E-state index contributed by atoms with van der Waals surface area (Å²) in [5, 5.41) is 0. The van der Waals surface area contributed by atoms with Gasteiger partial charge in [-0.25, -0.2) is 0 Å². The van der Waals surface area contributed by atoms with E-state index < -0.39 is 0 Å². The second-order valence-corrected chi connectivity index (χ2v) is 7.14. The van der Waals surface area contributed by atoms with Gasteiger partial charge in [-0.3, -0.25) is 4.79 Å². The minimum absolute atomic E-state index is 0.169. The molecule has 3 heteroatoms. The molecular weight excluding hydrogens is 272 g/mol. The van der Waals surface area contributed by atoms with Crippen molar-refractivity contribution in [2.24, 2.45) is 11.7 Å². The van der Waals surface area contributed by atoms with Crippen LogP contribution in [0.1, 0.15) is 49.7 Å². The number of benzene rings is 1. The normalized spacial score (nSPS) is 28.8. The highest BCUT2D eigenvalue weighted by atomic mass is 16.2. The summed E-state index contributed by atoms with van der Waals surface area (Å²) >= 11 is 0. The largest absolute Gasteiger partial charge is 0.339 e. The van der Waals surface area contributed by atoms with Crippen LogP contribution in [0.15, 0.2) is 24.3 Å². The number of hydrogen-bond donors (Lipinski definition) is 1. The van der Waals surface area contributed by atoms with Crippen molar-refractivity contribution in [3.8, 4) is 0 Å². The molecule has 2 N–H and O–H groups in total. The fourth-order valence-electron chi connectivity index (χ4n) is 4.02. The van der Waals surface area contributed by atoms with Gasteiger partial charge in [-0.05, 0) is 51.0 Å². The molecule has 0 radical (unpaired) electrons. The molecule has 1 aliphatic carbocycles. The van der Waals surface area contributed by atoms with Crippen LogP contribution in [0.5, 0.6) is 0 Å². The number of hydrogen-bond acceptors (Lipinski definition) is 2. The zero-order valence-electron chi connectivity index (χ0n) is 13.6. The Bertz CT molecular complexity index is 511. The van der Waals surface area contributed by atoms with Gasteiger partial charge < -0.3 is 10.6 Å². The maximum absolute atomic E-state index is 12.9. The predicted octanol–water partition coefficient (Wildman–Crippen LogP) is 3.05. The molecule has 1 saturated carbocycles. The predicted molar refractivity (Wildman–Crippen MR) is 89.6 cm³/mol. The first kappa shape index (κ1) is 15.5. The zero-order chi connectivity index (χ0) is 15.5. The third kappa shape index (κ3) is 3.52. The van der Waals surface area contributed by atoms with Crippen molar-refractivity contribution in [2.75, 3.05) is 6.54 Å². The van der Waals surface area contributed by atoms with Gasteiger partial charge in [0.2, 0.25) is 5.91 Å². The lowest BCUT2D eigenvalue weighted by molar-refractivity contribution is -0.137. The van der Waals surface area contributed by atoms with E-state index in [9.17, 15) is 4.79 Å². The van der Waals surface area contributed by atoms with E-state index in [4.69, 9.17) is 5.73 Å². The molecule has 1 aromatic rings. The van der Waals surface area contributed by atoms with Crippen molar-refractivity contribution in [2.45, 2.75) is 64.0 Å². The van der Waals surface area contributed by atoms with Gasteiger partial charge in [0.25, 0.3) is 0 Å². The molecule has 2 fully saturated rings. The Kier molecular flexibility index (Phi) is 4.82. The number of carbonyl (C=O) groups is 1. The SMILES string of the molecule is Cc1ccc(CC2CCCN2C(=O)C2CCCC(N)C2)cc1. The standard InChI is InChI=1S/C19H28N2O/c1-14-7-9-15(10-8-14)12-18-6-3-11-21(18)19(22)16-4-2-5-17(20)13-16/h7-10,16-18H,2-6,11-13,20H2,1H3. The number of carbonyl (C=O) groups excluding carboxylic acids is 1. The van der Waals surface area contributed by atoms with Gasteiger partial charge in [-0.2, -0.15) is 0 Å². The van der Waals surface area contributed by atoms with Crippen LogP contribution in [0, 0.1) is 12.8 Å². The van der Waals surface area contributed by atoms with Crippen LogP contribution in [0.4, 0.5) is 0 Å². The first-order valence-corrected chi connectivity index (χ1v) is 8.75. The smallest absolute Gasteiger partial charge is 0.225 e. The molecular formula is C19H28N2O. The summed E-state index contributed by atoms with van der Waals surface area (Å²) in [6, 6.07) is 9.33.